The first-order chi connectivity index (χ1) is 9.30. The summed E-state index contributed by atoms with van der Waals surface area (Å²) >= 11 is 0. The summed E-state index contributed by atoms with van der Waals surface area (Å²) in [6.07, 6.45) is 3.92. The molecular formula is C14H31N3O2S. The summed E-state index contributed by atoms with van der Waals surface area (Å²) < 4.78 is 28.9. The molecule has 2 unspecified atom stereocenters. The number of hydrogen-bond donors (Lipinski definition) is 1. The smallest absolute Gasteiger partial charge is 0.282 e. The third-order valence-electron chi connectivity index (χ3n) is 4.11. The number of likely N-dealkylation sites (N-methyl/N-ethyl adjacent to an activating group) is 1. The zero-order valence-electron chi connectivity index (χ0n) is 13.6. The van der Waals surface area contributed by atoms with Gasteiger partial charge in [0.2, 0.25) is 0 Å². The predicted octanol–water partition coefficient (Wildman–Crippen LogP) is 1.67. The summed E-state index contributed by atoms with van der Waals surface area (Å²) in [4.78, 5) is 0. The zero-order valence-corrected chi connectivity index (χ0v) is 14.4. The molecule has 0 spiro atoms. The van der Waals surface area contributed by atoms with Gasteiger partial charge in [0, 0.05) is 32.2 Å². The molecule has 0 radical (unpaired) electrons. The largest absolute Gasteiger partial charge is 0.318 e. The molecule has 0 aliphatic carbocycles. The molecule has 1 heterocycles. The highest BCUT2D eigenvalue weighted by atomic mass is 32.2. The molecule has 0 aromatic heterocycles. The van der Waals surface area contributed by atoms with Gasteiger partial charge in [0.15, 0.2) is 0 Å². The molecule has 1 fully saturated rings. The molecule has 2 atom stereocenters. The minimum Gasteiger partial charge on any atom is -0.318 e. The summed E-state index contributed by atoms with van der Waals surface area (Å²) in [6, 6.07) is 0.129. The highest BCUT2D eigenvalue weighted by molar-refractivity contribution is 7.86. The van der Waals surface area contributed by atoms with Gasteiger partial charge in [0.05, 0.1) is 0 Å². The van der Waals surface area contributed by atoms with Crippen molar-refractivity contribution in [2.75, 3.05) is 27.2 Å². The van der Waals surface area contributed by atoms with Gasteiger partial charge in [0.25, 0.3) is 10.2 Å². The van der Waals surface area contributed by atoms with E-state index in [1.54, 1.807) is 15.7 Å². The number of nitrogens with zero attached hydrogens (tertiary/aromatic N) is 2. The van der Waals surface area contributed by atoms with Crippen LogP contribution in [-0.2, 0) is 10.2 Å². The van der Waals surface area contributed by atoms with Crippen molar-refractivity contribution >= 4 is 10.2 Å². The Morgan fingerprint density at radius 3 is 2.50 bits per heavy atom. The van der Waals surface area contributed by atoms with Crippen LogP contribution in [0.2, 0.25) is 0 Å². The van der Waals surface area contributed by atoms with E-state index in [0.29, 0.717) is 12.5 Å². The molecule has 0 aromatic carbocycles. The summed E-state index contributed by atoms with van der Waals surface area (Å²) in [5, 5.41) is 3.12. The fraction of sp³-hybridized carbons (Fsp3) is 1.00. The Morgan fingerprint density at radius 1 is 1.30 bits per heavy atom. The lowest BCUT2D eigenvalue weighted by Gasteiger charge is -2.38. The van der Waals surface area contributed by atoms with Gasteiger partial charge in [-0.1, -0.05) is 20.3 Å². The van der Waals surface area contributed by atoms with E-state index in [2.05, 4.69) is 19.2 Å². The Balaban J connectivity index is 2.83. The highest BCUT2D eigenvalue weighted by Crippen LogP contribution is 2.24. The maximum absolute atomic E-state index is 12.8. The van der Waals surface area contributed by atoms with Crippen LogP contribution in [0.15, 0.2) is 0 Å². The van der Waals surface area contributed by atoms with Crippen LogP contribution in [0.25, 0.3) is 0 Å². The first-order valence-corrected chi connectivity index (χ1v) is 9.09. The highest BCUT2D eigenvalue weighted by Gasteiger charge is 2.36. The van der Waals surface area contributed by atoms with Crippen LogP contribution in [0.3, 0.4) is 0 Å². The van der Waals surface area contributed by atoms with Crippen molar-refractivity contribution in [3.63, 3.8) is 0 Å². The summed E-state index contributed by atoms with van der Waals surface area (Å²) in [6.45, 7) is 7.62. The van der Waals surface area contributed by atoms with Crippen molar-refractivity contribution in [3.05, 3.63) is 0 Å². The lowest BCUT2D eigenvalue weighted by molar-refractivity contribution is 0.221. The van der Waals surface area contributed by atoms with Crippen LogP contribution in [0.1, 0.15) is 46.5 Å². The first kappa shape index (κ1) is 17.9. The second-order valence-electron chi connectivity index (χ2n) is 6.32. The Hall–Kier alpha value is -0.170. The van der Waals surface area contributed by atoms with Gasteiger partial charge in [-0.3, -0.25) is 0 Å². The first-order valence-electron chi connectivity index (χ1n) is 7.70. The van der Waals surface area contributed by atoms with Gasteiger partial charge in [0.1, 0.15) is 0 Å². The van der Waals surface area contributed by atoms with E-state index in [0.717, 1.165) is 32.2 Å². The fourth-order valence-corrected chi connectivity index (χ4v) is 4.73. The molecule has 1 rings (SSSR count). The second-order valence-corrected chi connectivity index (χ2v) is 8.26. The molecule has 120 valence electrons. The van der Waals surface area contributed by atoms with Crippen LogP contribution in [0.4, 0.5) is 0 Å². The van der Waals surface area contributed by atoms with Crippen LogP contribution in [0, 0.1) is 5.92 Å². The lowest BCUT2D eigenvalue weighted by atomic mass is 10.1. The Bertz CT molecular complexity index is 382. The molecular weight excluding hydrogens is 274 g/mol. The van der Waals surface area contributed by atoms with Crippen molar-refractivity contribution in [2.24, 2.45) is 5.92 Å². The molecule has 20 heavy (non-hydrogen) atoms. The maximum Gasteiger partial charge on any atom is 0.282 e. The lowest BCUT2D eigenvalue weighted by Crippen LogP contribution is -2.54. The van der Waals surface area contributed by atoms with Crippen molar-refractivity contribution in [2.45, 2.75) is 58.5 Å². The Kier molecular flexibility index (Phi) is 6.91. The van der Waals surface area contributed by atoms with E-state index < -0.39 is 10.2 Å². The van der Waals surface area contributed by atoms with Crippen molar-refractivity contribution < 1.29 is 8.42 Å². The molecule has 1 aliphatic heterocycles. The minimum atomic E-state index is -3.35. The zero-order chi connectivity index (χ0) is 15.3. The van der Waals surface area contributed by atoms with E-state index in [1.807, 2.05) is 14.0 Å². The molecule has 1 N–H and O–H groups in total. The molecule has 1 saturated heterocycles. The average Bonchev–Trinajstić information content (AvgIpc) is 2.37. The minimum absolute atomic E-state index is 0.0390. The van der Waals surface area contributed by atoms with Crippen LogP contribution < -0.4 is 5.32 Å². The van der Waals surface area contributed by atoms with Gasteiger partial charge in [-0.2, -0.15) is 17.0 Å². The molecule has 0 bridgehead atoms. The SMILES string of the molecule is CNCC1CCCCN1S(=O)(=O)N(C)C(C)CC(C)C. The van der Waals surface area contributed by atoms with Gasteiger partial charge in [-0.05, 0) is 39.2 Å². The molecule has 1 aliphatic rings. The molecule has 6 heteroatoms. The maximum atomic E-state index is 12.8. The van der Waals surface area contributed by atoms with E-state index in [4.69, 9.17) is 0 Å². The van der Waals surface area contributed by atoms with Crippen molar-refractivity contribution in [3.8, 4) is 0 Å². The van der Waals surface area contributed by atoms with E-state index in [1.165, 1.54) is 0 Å². The molecule has 0 saturated carbocycles. The molecule has 5 nitrogen and oxygen atoms in total. The summed E-state index contributed by atoms with van der Waals surface area (Å²) in [5.74, 6) is 0.497. The monoisotopic (exact) mass is 305 g/mol. The quantitative estimate of drug-likeness (QED) is 0.778. The third kappa shape index (κ3) is 4.41. The normalized spacial score (nSPS) is 23.4. The Labute approximate surface area is 124 Å². The molecule has 0 amide bonds. The number of nitrogens with one attached hydrogen (secondary N) is 1. The second kappa shape index (κ2) is 7.73. The standard InChI is InChI=1S/C14H31N3O2S/c1-12(2)10-13(3)16(5)20(18,19)17-9-7-6-8-14(17)11-15-4/h12-15H,6-11H2,1-5H3. The van der Waals surface area contributed by atoms with E-state index >= 15 is 0 Å². The molecule has 0 aromatic rings. The van der Waals surface area contributed by atoms with Gasteiger partial charge >= 0.3 is 0 Å². The van der Waals surface area contributed by atoms with Crippen molar-refractivity contribution in [1.29, 1.82) is 0 Å². The van der Waals surface area contributed by atoms with Gasteiger partial charge in [-0.25, -0.2) is 0 Å². The topological polar surface area (TPSA) is 52.7 Å². The van der Waals surface area contributed by atoms with Crippen LogP contribution >= 0.6 is 0 Å². The van der Waals surface area contributed by atoms with Crippen molar-refractivity contribution in [1.82, 2.24) is 13.9 Å². The number of piperidine rings is 1. The summed E-state index contributed by atoms with van der Waals surface area (Å²) in [7, 11) is 0.244. The number of rotatable bonds is 7. The predicted molar refractivity (Wildman–Crippen MR) is 83.9 cm³/mol. The third-order valence-corrected chi connectivity index (χ3v) is 6.27. The summed E-state index contributed by atoms with van der Waals surface area (Å²) in [5.41, 5.74) is 0. The van der Waals surface area contributed by atoms with Gasteiger partial charge in [-0.15, -0.1) is 0 Å². The van der Waals surface area contributed by atoms with Gasteiger partial charge < -0.3 is 5.32 Å². The van der Waals surface area contributed by atoms with Crippen LogP contribution in [-0.4, -0.2) is 56.3 Å². The average molecular weight is 305 g/mol. The van der Waals surface area contributed by atoms with E-state index in [-0.39, 0.29) is 12.1 Å². The fourth-order valence-electron chi connectivity index (χ4n) is 2.94. The Morgan fingerprint density at radius 2 is 1.95 bits per heavy atom. The number of hydrogen-bond acceptors (Lipinski definition) is 3. The van der Waals surface area contributed by atoms with Crippen LogP contribution in [0.5, 0.6) is 0 Å². The van der Waals surface area contributed by atoms with E-state index in [9.17, 15) is 8.42 Å².